The molecule has 0 bridgehead atoms. The van der Waals surface area contributed by atoms with E-state index in [0.29, 0.717) is 4.57 Å². The van der Waals surface area contributed by atoms with E-state index in [1.165, 1.54) is 0 Å². The normalized spacial score (nSPS) is 30.6. The lowest BCUT2D eigenvalue weighted by Gasteiger charge is -2.20. The second-order valence-electron chi connectivity index (χ2n) is 3.87. The maximum absolute atomic E-state index is 13.7. The van der Waals surface area contributed by atoms with Crippen LogP contribution in [-0.2, 0) is 4.74 Å². The number of rotatable bonds is 2. The third-order valence-electron chi connectivity index (χ3n) is 2.66. The fourth-order valence-electron chi connectivity index (χ4n) is 1.72. The van der Waals surface area contributed by atoms with Crippen LogP contribution in [0.4, 0.5) is 14.6 Å². The van der Waals surface area contributed by atoms with Crippen LogP contribution in [0, 0.1) is 0 Å². The molecule has 1 aromatic rings. The third kappa shape index (κ3) is 1.85. The minimum absolute atomic E-state index is 0.114. The molecule has 7 nitrogen and oxygen atoms in total. The van der Waals surface area contributed by atoms with Crippen molar-refractivity contribution in [2.75, 3.05) is 12.3 Å². The molecule has 0 saturated carbocycles. The van der Waals surface area contributed by atoms with Gasteiger partial charge >= 0.3 is 11.6 Å². The summed E-state index contributed by atoms with van der Waals surface area (Å²) in [6.07, 6.45) is -4.69. The second-order valence-corrected chi connectivity index (χ2v) is 3.87. The molecule has 1 unspecified atom stereocenters. The number of hydrogen-bond acceptors (Lipinski definition) is 6. The number of ether oxygens (including phenoxy) is 1. The number of nitrogens with zero attached hydrogens (tertiary/aromatic N) is 2. The van der Waals surface area contributed by atoms with Crippen LogP contribution in [0.25, 0.3) is 0 Å². The van der Waals surface area contributed by atoms with Gasteiger partial charge in [-0.3, -0.25) is 4.57 Å². The predicted octanol–water partition coefficient (Wildman–Crippen LogP) is -1.29. The maximum Gasteiger partial charge on any atom is 0.351 e. The van der Waals surface area contributed by atoms with Crippen LogP contribution < -0.4 is 11.4 Å². The molecule has 0 radical (unpaired) electrons. The molecule has 100 valence electrons. The van der Waals surface area contributed by atoms with Gasteiger partial charge in [-0.05, 0) is 6.07 Å². The Bertz CT molecular complexity index is 507. The number of aromatic nitrogens is 2. The van der Waals surface area contributed by atoms with Gasteiger partial charge in [0.15, 0.2) is 6.10 Å². The first-order valence-corrected chi connectivity index (χ1v) is 5.04. The van der Waals surface area contributed by atoms with Gasteiger partial charge in [-0.15, -0.1) is 0 Å². The molecule has 1 aliphatic rings. The number of nitrogen functional groups attached to an aromatic ring is 1. The summed E-state index contributed by atoms with van der Waals surface area (Å²) >= 11 is 0. The molecule has 0 aliphatic carbocycles. The van der Waals surface area contributed by atoms with Crippen LogP contribution in [0.2, 0.25) is 0 Å². The van der Waals surface area contributed by atoms with Crippen molar-refractivity contribution in [3.8, 4) is 0 Å². The van der Waals surface area contributed by atoms with Gasteiger partial charge < -0.3 is 20.7 Å². The lowest BCUT2D eigenvalue weighted by molar-refractivity contribution is -0.140. The van der Waals surface area contributed by atoms with Crippen LogP contribution in [0.5, 0.6) is 0 Å². The maximum atomic E-state index is 13.7. The molecule has 9 heteroatoms. The fourth-order valence-corrected chi connectivity index (χ4v) is 1.72. The molecule has 4 N–H and O–H groups in total. The second kappa shape index (κ2) is 4.26. The standard InChI is InChI=1S/C9H11F2N3O4/c10-9(11)6(16)4(3-15)18-7(9)14-2-1-5(12)13-8(14)17/h1-2,4,6-7,15-16H,3H2,(H2,12,13,17)/t4?,6-,7-/m1/s1. The number of halogens is 2. The molecule has 1 saturated heterocycles. The molecule has 18 heavy (non-hydrogen) atoms. The topological polar surface area (TPSA) is 111 Å². The van der Waals surface area contributed by atoms with E-state index >= 15 is 0 Å². The van der Waals surface area contributed by atoms with E-state index in [1.807, 2.05) is 0 Å². The van der Waals surface area contributed by atoms with Crippen molar-refractivity contribution in [2.24, 2.45) is 0 Å². The lowest BCUT2D eigenvalue weighted by Crippen LogP contribution is -2.41. The summed E-state index contributed by atoms with van der Waals surface area (Å²) in [6, 6.07) is 1.15. The first kappa shape index (κ1) is 12.9. The number of nitrogens with two attached hydrogens (primary N) is 1. The molecular weight excluding hydrogens is 252 g/mol. The zero-order valence-electron chi connectivity index (χ0n) is 9.03. The van der Waals surface area contributed by atoms with E-state index in [4.69, 9.17) is 15.6 Å². The average Bonchev–Trinajstić information content (AvgIpc) is 2.52. The number of aliphatic hydroxyl groups excluding tert-OH is 2. The summed E-state index contributed by atoms with van der Waals surface area (Å²) in [4.78, 5) is 14.7. The largest absolute Gasteiger partial charge is 0.394 e. The molecular formula is C9H11F2N3O4. The Kier molecular flexibility index (Phi) is 3.05. The Hall–Kier alpha value is -1.58. The highest BCUT2D eigenvalue weighted by atomic mass is 19.3. The Morgan fingerprint density at radius 3 is 2.78 bits per heavy atom. The van der Waals surface area contributed by atoms with Crippen molar-refractivity contribution < 1.29 is 23.7 Å². The van der Waals surface area contributed by atoms with Gasteiger partial charge in [-0.2, -0.15) is 13.8 Å². The SMILES string of the molecule is Nc1ccn([C@@H]2OC(CO)[C@@H](O)C2(F)F)c(=O)n1. The van der Waals surface area contributed by atoms with Crippen LogP contribution in [-0.4, -0.2) is 44.5 Å². The summed E-state index contributed by atoms with van der Waals surface area (Å²) in [5, 5.41) is 18.1. The van der Waals surface area contributed by atoms with Gasteiger partial charge in [0.05, 0.1) is 6.61 Å². The number of anilines is 1. The zero-order chi connectivity index (χ0) is 13.5. The number of alkyl halides is 2. The Labute approximate surface area is 99.4 Å². The van der Waals surface area contributed by atoms with E-state index in [0.717, 1.165) is 12.3 Å². The molecule has 0 amide bonds. The predicted molar refractivity (Wildman–Crippen MR) is 54.9 cm³/mol. The van der Waals surface area contributed by atoms with E-state index in [-0.39, 0.29) is 5.82 Å². The number of hydrogen-bond donors (Lipinski definition) is 3. The van der Waals surface area contributed by atoms with Crippen molar-refractivity contribution in [3.05, 3.63) is 22.7 Å². The first-order chi connectivity index (χ1) is 8.37. The van der Waals surface area contributed by atoms with E-state index < -0.39 is 36.7 Å². The Morgan fingerprint density at radius 2 is 2.28 bits per heavy atom. The van der Waals surface area contributed by atoms with Gasteiger partial charge in [0.25, 0.3) is 0 Å². The Balaban J connectivity index is 2.42. The highest BCUT2D eigenvalue weighted by molar-refractivity contribution is 5.23. The highest BCUT2D eigenvalue weighted by Crippen LogP contribution is 2.41. The van der Waals surface area contributed by atoms with E-state index in [1.54, 1.807) is 0 Å². The molecule has 2 heterocycles. The molecule has 0 spiro atoms. The lowest BCUT2D eigenvalue weighted by atomic mass is 10.1. The highest BCUT2D eigenvalue weighted by Gasteiger charge is 2.59. The summed E-state index contributed by atoms with van der Waals surface area (Å²) in [6.45, 7) is -0.787. The zero-order valence-corrected chi connectivity index (χ0v) is 9.03. The minimum atomic E-state index is -3.71. The van der Waals surface area contributed by atoms with Crippen molar-refractivity contribution in [1.29, 1.82) is 0 Å². The van der Waals surface area contributed by atoms with Gasteiger partial charge in [0, 0.05) is 6.20 Å². The summed E-state index contributed by atoms with van der Waals surface area (Å²) in [5.74, 6) is -3.83. The monoisotopic (exact) mass is 263 g/mol. The fraction of sp³-hybridized carbons (Fsp3) is 0.556. The van der Waals surface area contributed by atoms with E-state index in [2.05, 4.69) is 4.98 Å². The van der Waals surface area contributed by atoms with Crippen LogP contribution in [0.3, 0.4) is 0 Å². The summed E-state index contributed by atoms with van der Waals surface area (Å²) in [7, 11) is 0. The van der Waals surface area contributed by atoms with Crippen LogP contribution >= 0.6 is 0 Å². The summed E-state index contributed by atoms with van der Waals surface area (Å²) < 4.78 is 32.7. The summed E-state index contributed by atoms with van der Waals surface area (Å²) in [5.41, 5.74) is 4.21. The Morgan fingerprint density at radius 1 is 1.61 bits per heavy atom. The molecule has 1 fully saturated rings. The molecule has 3 atom stereocenters. The van der Waals surface area contributed by atoms with Crippen LogP contribution in [0.15, 0.2) is 17.1 Å². The number of aliphatic hydroxyl groups is 2. The van der Waals surface area contributed by atoms with Crippen molar-refractivity contribution in [2.45, 2.75) is 24.4 Å². The average molecular weight is 263 g/mol. The van der Waals surface area contributed by atoms with E-state index in [9.17, 15) is 18.7 Å². The van der Waals surface area contributed by atoms with Gasteiger partial charge in [-0.1, -0.05) is 0 Å². The van der Waals surface area contributed by atoms with Crippen molar-refractivity contribution in [3.63, 3.8) is 0 Å². The molecule has 0 aromatic carbocycles. The molecule has 2 rings (SSSR count). The third-order valence-corrected chi connectivity index (χ3v) is 2.66. The molecule has 1 aromatic heterocycles. The molecule has 1 aliphatic heterocycles. The van der Waals surface area contributed by atoms with Gasteiger partial charge in [0.2, 0.25) is 6.23 Å². The van der Waals surface area contributed by atoms with Gasteiger partial charge in [-0.25, -0.2) is 4.79 Å². The van der Waals surface area contributed by atoms with Crippen molar-refractivity contribution in [1.82, 2.24) is 9.55 Å². The minimum Gasteiger partial charge on any atom is -0.394 e. The smallest absolute Gasteiger partial charge is 0.351 e. The van der Waals surface area contributed by atoms with Crippen LogP contribution in [0.1, 0.15) is 6.23 Å². The van der Waals surface area contributed by atoms with Crippen molar-refractivity contribution >= 4 is 5.82 Å². The first-order valence-electron chi connectivity index (χ1n) is 5.04. The van der Waals surface area contributed by atoms with Gasteiger partial charge in [0.1, 0.15) is 11.9 Å². The quantitative estimate of drug-likeness (QED) is 0.612.